The second-order valence-corrected chi connectivity index (χ2v) is 4.69. The molecule has 0 saturated heterocycles. The number of benzene rings is 1. The summed E-state index contributed by atoms with van der Waals surface area (Å²) in [5.74, 6) is -0.242. The van der Waals surface area contributed by atoms with Crippen molar-refractivity contribution in [3.8, 4) is 17.5 Å². The Morgan fingerprint density at radius 3 is 2.60 bits per heavy atom. The van der Waals surface area contributed by atoms with Crippen molar-refractivity contribution in [2.45, 2.75) is 6.18 Å². The van der Waals surface area contributed by atoms with Crippen molar-refractivity contribution in [3.05, 3.63) is 50.3 Å². The van der Waals surface area contributed by atoms with E-state index in [1.54, 1.807) is 6.07 Å². The Bertz CT molecular complexity index is 762. The molecule has 1 aromatic heterocycles. The van der Waals surface area contributed by atoms with E-state index < -0.39 is 17.3 Å². The minimum atomic E-state index is -4.59. The zero-order valence-electron chi connectivity index (χ0n) is 9.62. The summed E-state index contributed by atoms with van der Waals surface area (Å²) in [5.41, 5.74) is -2.24. The van der Waals surface area contributed by atoms with Gasteiger partial charge in [-0.05, 0) is 18.2 Å². The molecule has 0 aliphatic carbocycles. The Morgan fingerprint density at radius 2 is 2.05 bits per heavy atom. The molecule has 0 aliphatic rings. The van der Waals surface area contributed by atoms with E-state index in [1.807, 2.05) is 0 Å². The minimum Gasteiger partial charge on any atom is -0.305 e. The lowest BCUT2D eigenvalue weighted by molar-refractivity contribution is -0.137. The summed E-state index contributed by atoms with van der Waals surface area (Å²) < 4.78 is 39.2. The van der Waals surface area contributed by atoms with Gasteiger partial charge in [0, 0.05) is 10.0 Å². The number of hydrogen-bond donors (Lipinski definition) is 1. The highest BCUT2D eigenvalue weighted by Gasteiger charge is 2.34. The molecule has 1 N–H and O–H groups in total. The predicted molar refractivity (Wildman–Crippen MR) is 67.7 cm³/mol. The van der Waals surface area contributed by atoms with E-state index in [4.69, 9.17) is 5.26 Å². The summed E-state index contributed by atoms with van der Waals surface area (Å²) in [4.78, 5) is 17.3. The average Bonchev–Trinajstić information content (AvgIpc) is 2.37. The van der Waals surface area contributed by atoms with E-state index in [0.29, 0.717) is 0 Å². The van der Waals surface area contributed by atoms with Gasteiger partial charge in [0.2, 0.25) is 0 Å². The monoisotopic (exact) mass is 343 g/mol. The summed E-state index contributed by atoms with van der Waals surface area (Å²) in [6.07, 6.45) is -3.65. The third-order valence-electron chi connectivity index (χ3n) is 2.46. The molecule has 0 bridgehead atoms. The van der Waals surface area contributed by atoms with Crippen molar-refractivity contribution >= 4 is 15.9 Å². The maximum atomic E-state index is 13.0. The highest BCUT2D eigenvalue weighted by Crippen LogP contribution is 2.37. The molecule has 0 spiro atoms. The van der Waals surface area contributed by atoms with Crippen LogP contribution in [0.3, 0.4) is 0 Å². The maximum absolute atomic E-state index is 13.0. The Kier molecular flexibility index (Phi) is 3.63. The lowest BCUT2D eigenvalue weighted by Gasteiger charge is -2.12. The van der Waals surface area contributed by atoms with Crippen molar-refractivity contribution in [3.63, 3.8) is 0 Å². The molecule has 8 heteroatoms. The Balaban J connectivity index is 2.68. The molecular formula is C12H5BrF3N3O. The van der Waals surface area contributed by atoms with Crippen molar-refractivity contribution in [2.24, 2.45) is 0 Å². The first-order valence-corrected chi connectivity index (χ1v) is 5.99. The van der Waals surface area contributed by atoms with Gasteiger partial charge in [-0.1, -0.05) is 15.9 Å². The van der Waals surface area contributed by atoms with Crippen LogP contribution in [-0.4, -0.2) is 9.97 Å². The molecule has 0 amide bonds. The van der Waals surface area contributed by atoms with Crippen LogP contribution >= 0.6 is 15.9 Å². The van der Waals surface area contributed by atoms with Gasteiger partial charge in [-0.25, -0.2) is 4.98 Å². The average molecular weight is 344 g/mol. The first-order chi connectivity index (χ1) is 9.32. The zero-order valence-corrected chi connectivity index (χ0v) is 11.2. The smallest absolute Gasteiger partial charge is 0.305 e. The molecule has 4 nitrogen and oxygen atoms in total. The number of H-pyrrole nitrogens is 1. The predicted octanol–water partition coefficient (Wildman–Crippen LogP) is 3.09. The van der Waals surface area contributed by atoms with E-state index in [-0.39, 0.29) is 21.4 Å². The van der Waals surface area contributed by atoms with Gasteiger partial charge in [0.05, 0.1) is 11.8 Å². The van der Waals surface area contributed by atoms with Crippen LogP contribution in [0.15, 0.2) is 33.7 Å². The number of alkyl halides is 3. The highest BCUT2D eigenvalue weighted by molar-refractivity contribution is 9.10. The Morgan fingerprint density at radius 1 is 1.35 bits per heavy atom. The van der Waals surface area contributed by atoms with Crippen molar-refractivity contribution in [2.75, 3.05) is 0 Å². The number of aromatic nitrogens is 2. The third-order valence-corrected chi connectivity index (χ3v) is 2.96. The van der Waals surface area contributed by atoms with Crippen molar-refractivity contribution in [1.82, 2.24) is 9.97 Å². The molecule has 0 radical (unpaired) electrons. The third kappa shape index (κ3) is 2.72. The first-order valence-electron chi connectivity index (χ1n) is 5.19. The van der Waals surface area contributed by atoms with Crippen molar-refractivity contribution in [1.29, 1.82) is 5.26 Å². The van der Waals surface area contributed by atoms with E-state index in [0.717, 1.165) is 12.3 Å². The number of aromatic amines is 1. The van der Waals surface area contributed by atoms with E-state index >= 15 is 0 Å². The fourth-order valence-electron chi connectivity index (χ4n) is 1.57. The van der Waals surface area contributed by atoms with Gasteiger partial charge in [-0.3, -0.25) is 4.79 Å². The van der Waals surface area contributed by atoms with E-state index in [1.165, 1.54) is 12.1 Å². The van der Waals surface area contributed by atoms with Crippen LogP contribution in [-0.2, 0) is 6.18 Å². The molecule has 102 valence electrons. The molecule has 1 heterocycles. The summed E-state index contributed by atoms with van der Waals surface area (Å²) in [7, 11) is 0. The molecule has 0 atom stereocenters. The minimum absolute atomic E-state index is 0.242. The topological polar surface area (TPSA) is 69.5 Å². The fourth-order valence-corrected chi connectivity index (χ4v) is 1.93. The second kappa shape index (κ2) is 5.09. The number of rotatable bonds is 1. The highest BCUT2D eigenvalue weighted by atomic mass is 79.9. The fraction of sp³-hybridized carbons (Fsp3) is 0.0833. The van der Waals surface area contributed by atoms with Crippen LogP contribution in [0.25, 0.3) is 11.4 Å². The number of hydrogen-bond acceptors (Lipinski definition) is 3. The SMILES string of the molecule is N#Cc1cnc(-c2ccc(Br)cc2C(F)(F)F)[nH]c1=O. The lowest BCUT2D eigenvalue weighted by Crippen LogP contribution is -2.14. The standard InChI is InChI=1S/C12H5BrF3N3O/c13-7-1-2-8(9(3-7)12(14,15)16)10-18-5-6(4-17)11(20)19-10/h1-3,5H,(H,18,19,20). The number of halogens is 4. The number of nitriles is 1. The quantitative estimate of drug-likeness (QED) is 0.864. The number of nitrogens with zero attached hydrogens (tertiary/aromatic N) is 2. The van der Waals surface area contributed by atoms with E-state index in [9.17, 15) is 18.0 Å². The second-order valence-electron chi connectivity index (χ2n) is 3.77. The van der Waals surface area contributed by atoms with Gasteiger partial charge in [-0.2, -0.15) is 18.4 Å². The summed E-state index contributed by atoms with van der Waals surface area (Å²) in [6, 6.07) is 5.09. The van der Waals surface area contributed by atoms with Gasteiger partial charge < -0.3 is 4.98 Å². The molecule has 0 fully saturated rings. The van der Waals surface area contributed by atoms with E-state index in [2.05, 4.69) is 25.9 Å². The van der Waals surface area contributed by atoms with Gasteiger partial charge in [0.15, 0.2) is 0 Å². The number of nitrogens with one attached hydrogen (secondary N) is 1. The van der Waals surface area contributed by atoms with Crippen molar-refractivity contribution < 1.29 is 13.2 Å². The molecule has 0 saturated carbocycles. The Labute approximate surface area is 119 Å². The van der Waals surface area contributed by atoms with Crippen LogP contribution in [0.5, 0.6) is 0 Å². The van der Waals surface area contributed by atoms with Gasteiger partial charge in [0.1, 0.15) is 17.5 Å². The Hall–Kier alpha value is -2.14. The normalized spacial score (nSPS) is 11.2. The van der Waals surface area contributed by atoms with Crippen LogP contribution in [0.2, 0.25) is 0 Å². The summed E-state index contributed by atoms with van der Waals surface area (Å²) in [6.45, 7) is 0. The lowest BCUT2D eigenvalue weighted by atomic mass is 10.1. The molecule has 0 aliphatic heterocycles. The summed E-state index contributed by atoms with van der Waals surface area (Å²) >= 11 is 2.96. The molecule has 2 rings (SSSR count). The molecule has 2 aromatic rings. The summed E-state index contributed by atoms with van der Waals surface area (Å²) in [5, 5.41) is 8.60. The zero-order chi connectivity index (χ0) is 14.9. The van der Waals surface area contributed by atoms with Crippen LogP contribution in [0.1, 0.15) is 11.1 Å². The largest absolute Gasteiger partial charge is 0.417 e. The molecule has 0 unspecified atom stereocenters. The molecule has 20 heavy (non-hydrogen) atoms. The van der Waals surface area contributed by atoms with Crippen LogP contribution in [0.4, 0.5) is 13.2 Å². The maximum Gasteiger partial charge on any atom is 0.417 e. The van der Waals surface area contributed by atoms with Gasteiger partial charge in [-0.15, -0.1) is 0 Å². The van der Waals surface area contributed by atoms with Crippen LogP contribution < -0.4 is 5.56 Å². The van der Waals surface area contributed by atoms with Crippen LogP contribution in [0, 0.1) is 11.3 Å². The first kappa shape index (κ1) is 14.3. The molecule has 1 aromatic carbocycles. The van der Waals surface area contributed by atoms with Gasteiger partial charge >= 0.3 is 6.18 Å². The molecular weight excluding hydrogens is 339 g/mol. The van der Waals surface area contributed by atoms with Gasteiger partial charge in [0.25, 0.3) is 5.56 Å².